The molecule has 0 aliphatic heterocycles. The second-order valence-corrected chi connectivity index (χ2v) is 3.31. The maximum atomic E-state index is 11.5. The average molecular weight is 212 g/mol. The van der Waals surface area contributed by atoms with Crippen molar-refractivity contribution in [1.29, 1.82) is 0 Å². The summed E-state index contributed by atoms with van der Waals surface area (Å²) in [5, 5.41) is 8.48. The highest BCUT2D eigenvalue weighted by molar-refractivity contribution is 5.67. The van der Waals surface area contributed by atoms with Gasteiger partial charge < -0.3 is 9.67 Å². The molecule has 0 aromatic carbocycles. The number of carbonyl (C=O) groups is 1. The Morgan fingerprint density at radius 2 is 2.00 bits per heavy atom. The van der Waals surface area contributed by atoms with Gasteiger partial charge in [-0.25, -0.2) is 4.79 Å². The Bertz CT molecular complexity index is 498. The Morgan fingerprint density at radius 1 is 1.40 bits per heavy atom. The van der Waals surface area contributed by atoms with Crippen molar-refractivity contribution in [3.63, 3.8) is 0 Å². The SMILES string of the molecule is Cn1cc(CCC(=O)O)c(=O)n(C)c1=O. The van der Waals surface area contributed by atoms with E-state index in [1.807, 2.05) is 0 Å². The van der Waals surface area contributed by atoms with Gasteiger partial charge in [-0.05, 0) is 6.42 Å². The van der Waals surface area contributed by atoms with Crippen molar-refractivity contribution in [3.05, 3.63) is 32.6 Å². The lowest BCUT2D eigenvalue weighted by Crippen LogP contribution is -2.38. The zero-order valence-corrected chi connectivity index (χ0v) is 8.56. The number of carboxylic acids is 1. The first-order valence-corrected chi connectivity index (χ1v) is 4.41. The normalized spacial score (nSPS) is 10.3. The summed E-state index contributed by atoms with van der Waals surface area (Å²) in [6.07, 6.45) is 1.40. The highest BCUT2D eigenvalue weighted by atomic mass is 16.4. The van der Waals surface area contributed by atoms with Gasteiger partial charge in [-0.3, -0.25) is 14.2 Å². The second-order valence-electron chi connectivity index (χ2n) is 3.31. The summed E-state index contributed by atoms with van der Waals surface area (Å²) in [7, 11) is 2.89. The molecule has 0 aliphatic rings. The molecular formula is C9H12N2O4. The topological polar surface area (TPSA) is 81.3 Å². The van der Waals surface area contributed by atoms with Crippen LogP contribution in [-0.2, 0) is 25.3 Å². The molecule has 0 saturated carbocycles. The third-order valence-electron chi connectivity index (χ3n) is 2.13. The Kier molecular flexibility index (Phi) is 3.08. The van der Waals surface area contributed by atoms with Crippen LogP contribution in [0.1, 0.15) is 12.0 Å². The maximum Gasteiger partial charge on any atom is 0.330 e. The lowest BCUT2D eigenvalue weighted by molar-refractivity contribution is -0.136. The molecule has 0 saturated heterocycles. The van der Waals surface area contributed by atoms with Crippen LogP contribution in [0, 0.1) is 0 Å². The summed E-state index contributed by atoms with van der Waals surface area (Å²) in [4.78, 5) is 33.1. The molecule has 1 aromatic rings. The van der Waals surface area contributed by atoms with Crippen molar-refractivity contribution in [2.75, 3.05) is 0 Å². The van der Waals surface area contributed by atoms with Crippen LogP contribution in [0.3, 0.4) is 0 Å². The van der Waals surface area contributed by atoms with Gasteiger partial charge in [0, 0.05) is 32.3 Å². The van der Waals surface area contributed by atoms with Gasteiger partial charge in [0.25, 0.3) is 5.56 Å². The smallest absolute Gasteiger partial charge is 0.330 e. The van der Waals surface area contributed by atoms with Crippen molar-refractivity contribution in [3.8, 4) is 0 Å². The van der Waals surface area contributed by atoms with Gasteiger partial charge in [0.15, 0.2) is 0 Å². The van der Waals surface area contributed by atoms with Crippen LogP contribution in [0.4, 0.5) is 0 Å². The Morgan fingerprint density at radius 3 is 2.53 bits per heavy atom. The first kappa shape index (κ1) is 11.2. The van der Waals surface area contributed by atoms with E-state index in [1.165, 1.54) is 24.9 Å². The highest BCUT2D eigenvalue weighted by Crippen LogP contribution is 1.94. The van der Waals surface area contributed by atoms with E-state index in [0.717, 1.165) is 4.57 Å². The molecule has 0 bridgehead atoms. The monoisotopic (exact) mass is 212 g/mol. The predicted octanol–water partition coefficient (Wildman–Crippen LogP) is -0.899. The molecule has 0 aliphatic carbocycles. The number of rotatable bonds is 3. The van der Waals surface area contributed by atoms with Crippen molar-refractivity contribution in [1.82, 2.24) is 9.13 Å². The molecular weight excluding hydrogens is 200 g/mol. The van der Waals surface area contributed by atoms with Crippen LogP contribution < -0.4 is 11.2 Å². The fraction of sp³-hybridized carbons (Fsp3) is 0.444. The molecule has 1 rings (SSSR count). The van der Waals surface area contributed by atoms with Crippen molar-refractivity contribution in [2.45, 2.75) is 12.8 Å². The van der Waals surface area contributed by atoms with Crippen LogP contribution >= 0.6 is 0 Å². The molecule has 1 heterocycles. The maximum absolute atomic E-state index is 11.5. The van der Waals surface area contributed by atoms with Gasteiger partial charge in [-0.15, -0.1) is 0 Å². The Hall–Kier alpha value is -1.85. The molecule has 0 radical (unpaired) electrons. The molecule has 0 unspecified atom stereocenters. The summed E-state index contributed by atoms with van der Waals surface area (Å²) in [6, 6.07) is 0. The molecule has 0 fully saturated rings. The Balaban J connectivity index is 3.16. The first-order chi connectivity index (χ1) is 6.93. The van der Waals surface area contributed by atoms with Gasteiger partial charge in [0.05, 0.1) is 0 Å². The minimum absolute atomic E-state index is 0.118. The fourth-order valence-corrected chi connectivity index (χ4v) is 1.30. The molecule has 6 heteroatoms. The standard InChI is InChI=1S/C9H12N2O4/c1-10-5-6(3-4-7(12)13)8(14)11(2)9(10)15/h5H,3-4H2,1-2H3,(H,12,13). The van der Waals surface area contributed by atoms with E-state index in [1.54, 1.807) is 0 Å². The number of hydrogen-bond donors (Lipinski definition) is 1. The van der Waals surface area contributed by atoms with E-state index in [4.69, 9.17) is 5.11 Å². The number of aryl methyl sites for hydroxylation is 2. The third kappa shape index (κ3) is 2.34. The van der Waals surface area contributed by atoms with Gasteiger partial charge in [0.2, 0.25) is 0 Å². The van der Waals surface area contributed by atoms with Crippen molar-refractivity contribution >= 4 is 5.97 Å². The lowest BCUT2D eigenvalue weighted by Gasteiger charge is -2.05. The molecule has 0 amide bonds. The summed E-state index contributed by atoms with van der Waals surface area (Å²) in [5.41, 5.74) is -0.513. The van der Waals surface area contributed by atoms with Crippen LogP contribution in [0.2, 0.25) is 0 Å². The van der Waals surface area contributed by atoms with Crippen LogP contribution in [-0.4, -0.2) is 20.2 Å². The number of aliphatic carboxylic acids is 1. The first-order valence-electron chi connectivity index (χ1n) is 4.41. The quantitative estimate of drug-likeness (QED) is 0.704. The van der Waals surface area contributed by atoms with Gasteiger partial charge in [-0.2, -0.15) is 0 Å². The van der Waals surface area contributed by atoms with E-state index in [-0.39, 0.29) is 12.8 Å². The molecule has 6 nitrogen and oxygen atoms in total. The fourth-order valence-electron chi connectivity index (χ4n) is 1.30. The summed E-state index contributed by atoms with van der Waals surface area (Å²) in [5.74, 6) is -0.967. The van der Waals surface area contributed by atoms with Crippen molar-refractivity contribution in [2.24, 2.45) is 14.1 Å². The average Bonchev–Trinajstić information content (AvgIpc) is 2.18. The summed E-state index contributed by atoms with van der Waals surface area (Å²) >= 11 is 0. The van der Waals surface area contributed by atoms with Crippen LogP contribution in [0.25, 0.3) is 0 Å². The third-order valence-corrected chi connectivity index (χ3v) is 2.13. The van der Waals surface area contributed by atoms with Crippen LogP contribution in [0.15, 0.2) is 15.8 Å². The Labute approximate surface area is 85.4 Å². The number of nitrogens with zero attached hydrogens (tertiary/aromatic N) is 2. The molecule has 0 atom stereocenters. The van der Waals surface area contributed by atoms with Gasteiger partial charge in [0.1, 0.15) is 0 Å². The zero-order valence-electron chi connectivity index (χ0n) is 8.56. The minimum atomic E-state index is -0.967. The molecule has 1 aromatic heterocycles. The summed E-state index contributed by atoms with van der Waals surface area (Å²) < 4.78 is 2.23. The molecule has 1 N–H and O–H groups in total. The second kappa shape index (κ2) is 4.12. The predicted molar refractivity (Wildman–Crippen MR) is 52.9 cm³/mol. The van der Waals surface area contributed by atoms with Gasteiger partial charge in [-0.1, -0.05) is 0 Å². The van der Waals surface area contributed by atoms with E-state index in [0.29, 0.717) is 5.56 Å². The lowest BCUT2D eigenvalue weighted by atomic mass is 10.2. The number of hydrogen-bond acceptors (Lipinski definition) is 3. The molecule has 15 heavy (non-hydrogen) atoms. The minimum Gasteiger partial charge on any atom is -0.481 e. The van der Waals surface area contributed by atoms with Gasteiger partial charge >= 0.3 is 11.7 Å². The van der Waals surface area contributed by atoms with Crippen molar-refractivity contribution < 1.29 is 9.90 Å². The van der Waals surface area contributed by atoms with E-state index in [2.05, 4.69) is 0 Å². The zero-order chi connectivity index (χ0) is 11.6. The number of carboxylic acid groups (broad SMARTS) is 1. The molecule has 82 valence electrons. The van der Waals surface area contributed by atoms with E-state index >= 15 is 0 Å². The number of aromatic nitrogens is 2. The highest BCUT2D eigenvalue weighted by Gasteiger charge is 2.08. The summed E-state index contributed by atoms with van der Waals surface area (Å²) in [6.45, 7) is 0. The van der Waals surface area contributed by atoms with Crippen LogP contribution in [0.5, 0.6) is 0 Å². The van der Waals surface area contributed by atoms with E-state index < -0.39 is 17.2 Å². The molecule has 0 spiro atoms. The van der Waals surface area contributed by atoms with E-state index in [9.17, 15) is 14.4 Å². The largest absolute Gasteiger partial charge is 0.481 e.